The maximum atomic E-state index is 11.9. The smallest absolute Gasteiger partial charge is 0.272 e. The lowest BCUT2D eigenvalue weighted by Crippen LogP contribution is -2.13. The topological polar surface area (TPSA) is 102 Å². The van der Waals surface area contributed by atoms with Gasteiger partial charge in [-0.15, -0.1) is 0 Å². The van der Waals surface area contributed by atoms with Crippen molar-refractivity contribution in [1.29, 1.82) is 0 Å². The van der Waals surface area contributed by atoms with Gasteiger partial charge in [0.15, 0.2) is 5.65 Å². The predicted octanol–water partition coefficient (Wildman–Crippen LogP) is 1.09. The summed E-state index contributed by atoms with van der Waals surface area (Å²) in [4.78, 5) is 20.3. The highest BCUT2D eigenvalue weighted by Crippen LogP contribution is 2.24. The van der Waals surface area contributed by atoms with E-state index in [0.717, 1.165) is 22.3 Å². The quantitative estimate of drug-likeness (QED) is 0.576. The minimum atomic E-state index is -0.224. The van der Waals surface area contributed by atoms with Crippen LogP contribution in [0.25, 0.3) is 27.7 Å². The molecule has 0 aliphatic heterocycles. The van der Waals surface area contributed by atoms with Crippen molar-refractivity contribution in [3.63, 3.8) is 0 Å². The second-order valence-electron chi connectivity index (χ2n) is 4.91. The first-order chi connectivity index (χ1) is 10.8. The van der Waals surface area contributed by atoms with Gasteiger partial charge < -0.3 is 5.73 Å². The molecular weight excluding hydrogens is 280 g/mol. The molecule has 0 aliphatic carbocycles. The summed E-state index contributed by atoms with van der Waals surface area (Å²) in [5, 5.41) is 7.81. The maximum Gasteiger partial charge on any atom is 0.272 e. The zero-order chi connectivity index (χ0) is 15.1. The fourth-order valence-electron chi connectivity index (χ4n) is 2.60. The number of H-pyrrole nitrogens is 1. The molecular formula is C15H12N6O. The van der Waals surface area contributed by atoms with Gasteiger partial charge in [0.25, 0.3) is 5.56 Å². The molecule has 22 heavy (non-hydrogen) atoms. The highest BCUT2D eigenvalue weighted by Gasteiger charge is 2.09. The van der Waals surface area contributed by atoms with Crippen LogP contribution in [0.2, 0.25) is 0 Å². The number of nitrogens with two attached hydrogens (primary N) is 1. The Morgan fingerprint density at radius 3 is 3.00 bits per heavy atom. The molecule has 0 aliphatic rings. The minimum absolute atomic E-state index is 0.224. The molecule has 1 aromatic carbocycles. The average molecular weight is 292 g/mol. The van der Waals surface area contributed by atoms with Crippen LogP contribution in [-0.4, -0.2) is 24.6 Å². The van der Waals surface area contributed by atoms with Crippen LogP contribution in [-0.2, 0) is 6.54 Å². The summed E-state index contributed by atoms with van der Waals surface area (Å²) in [6, 6.07) is 5.57. The van der Waals surface area contributed by atoms with E-state index in [1.54, 1.807) is 24.7 Å². The summed E-state index contributed by atoms with van der Waals surface area (Å²) in [7, 11) is 0. The molecule has 0 bridgehead atoms. The Morgan fingerprint density at radius 2 is 2.14 bits per heavy atom. The van der Waals surface area contributed by atoms with Gasteiger partial charge in [0.1, 0.15) is 0 Å². The first-order valence-electron chi connectivity index (χ1n) is 6.77. The molecule has 0 fully saturated rings. The van der Waals surface area contributed by atoms with Crippen molar-refractivity contribution in [1.82, 2.24) is 24.6 Å². The van der Waals surface area contributed by atoms with E-state index >= 15 is 0 Å². The molecule has 3 heterocycles. The minimum Gasteiger partial charge on any atom is -0.325 e. The molecule has 0 atom stereocenters. The number of nitrogens with zero attached hydrogens (tertiary/aromatic N) is 4. The normalized spacial score (nSPS) is 11.3. The number of aromatic amines is 1. The number of fused-ring (bicyclic) bond motifs is 2. The standard InChI is InChI=1S/C15H12N6O/c16-6-12-11-5-9(1-2-10(11)15(22)20-19-12)13-7-17-8-14-18-3-4-21(13)14/h1-5,7-8H,6,16H2,(H,20,22). The third-order valence-corrected chi connectivity index (χ3v) is 3.67. The zero-order valence-electron chi connectivity index (χ0n) is 11.5. The number of rotatable bonds is 2. The molecule has 108 valence electrons. The van der Waals surface area contributed by atoms with E-state index in [1.165, 1.54) is 0 Å². The van der Waals surface area contributed by atoms with E-state index in [1.807, 2.05) is 22.7 Å². The Balaban J connectivity index is 2.04. The van der Waals surface area contributed by atoms with Crippen molar-refractivity contribution in [2.24, 2.45) is 5.73 Å². The third-order valence-electron chi connectivity index (χ3n) is 3.67. The number of hydrogen-bond donors (Lipinski definition) is 2. The zero-order valence-corrected chi connectivity index (χ0v) is 11.5. The Kier molecular flexibility index (Phi) is 2.73. The average Bonchev–Trinajstić information content (AvgIpc) is 3.03. The molecule has 4 aromatic rings. The molecule has 0 unspecified atom stereocenters. The number of nitrogens with one attached hydrogen (secondary N) is 1. The Hall–Kier alpha value is -3.06. The molecule has 4 rings (SSSR count). The lowest BCUT2D eigenvalue weighted by molar-refractivity contribution is 0.900. The number of hydrogen-bond acceptors (Lipinski definition) is 5. The van der Waals surface area contributed by atoms with Gasteiger partial charge in [0.2, 0.25) is 0 Å². The van der Waals surface area contributed by atoms with E-state index in [2.05, 4.69) is 20.2 Å². The van der Waals surface area contributed by atoms with Gasteiger partial charge in [-0.2, -0.15) is 5.10 Å². The number of aromatic nitrogens is 5. The van der Waals surface area contributed by atoms with Gasteiger partial charge in [-0.05, 0) is 12.1 Å². The van der Waals surface area contributed by atoms with Crippen LogP contribution < -0.4 is 11.3 Å². The summed E-state index contributed by atoms with van der Waals surface area (Å²) in [6.45, 7) is 0.254. The van der Waals surface area contributed by atoms with Crippen LogP contribution in [0, 0.1) is 0 Å². The van der Waals surface area contributed by atoms with E-state index in [0.29, 0.717) is 11.1 Å². The molecule has 0 saturated carbocycles. The fourth-order valence-corrected chi connectivity index (χ4v) is 2.60. The highest BCUT2D eigenvalue weighted by molar-refractivity contribution is 5.88. The van der Waals surface area contributed by atoms with Crippen LogP contribution >= 0.6 is 0 Å². The highest BCUT2D eigenvalue weighted by atomic mass is 16.1. The van der Waals surface area contributed by atoms with Crippen molar-refractivity contribution >= 4 is 16.4 Å². The third kappa shape index (κ3) is 1.80. The van der Waals surface area contributed by atoms with E-state index < -0.39 is 0 Å². The van der Waals surface area contributed by atoms with Crippen LogP contribution in [0.3, 0.4) is 0 Å². The summed E-state index contributed by atoms with van der Waals surface area (Å²) in [5.74, 6) is 0. The first kappa shape index (κ1) is 12.7. The predicted molar refractivity (Wildman–Crippen MR) is 82.2 cm³/mol. The van der Waals surface area contributed by atoms with Crippen LogP contribution in [0.15, 0.2) is 47.8 Å². The van der Waals surface area contributed by atoms with Crippen LogP contribution in [0.1, 0.15) is 5.69 Å². The van der Waals surface area contributed by atoms with E-state index in [4.69, 9.17) is 5.73 Å². The summed E-state index contributed by atoms with van der Waals surface area (Å²) < 4.78 is 1.94. The molecule has 7 nitrogen and oxygen atoms in total. The summed E-state index contributed by atoms with van der Waals surface area (Å²) >= 11 is 0. The molecule has 0 saturated heterocycles. The van der Waals surface area contributed by atoms with Gasteiger partial charge in [0, 0.05) is 29.9 Å². The van der Waals surface area contributed by atoms with Gasteiger partial charge in [0.05, 0.1) is 29.2 Å². The van der Waals surface area contributed by atoms with Crippen molar-refractivity contribution in [3.05, 3.63) is 59.0 Å². The monoisotopic (exact) mass is 292 g/mol. The Bertz CT molecular complexity index is 1050. The molecule has 0 amide bonds. The largest absolute Gasteiger partial charge is 0.325 e. The van der Waals surface area contributed by atoms with Gasteiger partial charge >= 0.3 is 0 Å². The lowest BCUT2D eigenvalue weighted by Gasteiger charge is -2.08. The Morgan fingerprint density at radius 1 is 1.23 bits per heavy atom. The molecule has 3 aromatic heterocycles. The van der Waals surface area contributed by atoms with Crippen molar-refractivity contribution in [2.45, 2.75) is 6.54 Å². The number of benzene rings is 1. The molecule has 3 N–H and O–H groups in total. The Labute approximate surface area is 124 Å². The molecule has 0 radical (unpaired) electrons. The fraction of sp³-hybridized carbons (Fsp3) is 0.0667. The maximum absolute atomic E-state index is 11.9. The molecule has 7 heteroatoms. The van der Waals surface area contributed by atoms with Crippen molar-refractivity contribution in [3.8, 4) is 11.3 Å². The van der Waals surface area contributed by atoms with Gasteiger partial charge in [-0.25, -0.2) is 10.1 Å². The van der Waals surface area contributed by atoms with E-state index in [9.17, 15) is 4.79 Å². The molecule has 0 spiro atoms. The van der Waals surface area contributed by atoms with Gasteiger partial charge in [-0.1, -0.05) is 6.07 Å². The first-order valence-corrected chi connectivity index (χ1v) is 6.77. The van der Waals surface area contributed by atoms with Crippen LogP contribution in [0.4, 0.5) is 0 Å². The van der Waals surface area contributed by atoms with Crippen molar-refractivity contribution < 1.29 is 0 Å². The SMILES string of the molecule is NCc1n[nH]c(=O)c2ccc(-c3cncc4nccn34)cc12. The van der Waals surface area contributed by atoms with E-state index in [-0.39, 0.29) is 12.1 Å². The van der Waals surface area contributed by atoms with Gasteiger partial charge in [-0.3, -0.25) is 14.2 Å². The summed E-state index contributed by atoms with van der Waals surface area (Å²) in [6.07, 6.45) is 7.05. The second kappa shape index (κ2) is 4.74. The number of imidazole rings is 1. The van der Waals surface area contributed by atoms with Crippen LogP contribution in [0.5, 0.6) is 0 Å². The summed E-state index contributed by atoms with van der Waals surface area (Å²) in [5.41, 5.74) is 8.72. The second-order valence-corrected chi connectivity index (χ2v) is 4.91. The van der Waals surface area contributed by atoms with Crippen molar-refractivity contribution in [2.75, 3.05) is 0 Å². The lowest BCUT2D eigenvalue weighted by atomic mass is 10.1.